The molecule has 5 rings (SSSR count). The maximum Gasteiger partial charge on any atom is 0.0776 e. The van der Waals surface area contributed by atoms with Gasteiger partial charge in [0.1, 0.15) is 0 Å². The van der Waals surface area contributed by atoms with E-state index in [1.807, 2.05) is 11.8 Å². The first kappa shape index (κ1) is 18.8. The maximum absolute atomic E-state index is 6.10. The Morgan fingerprint density at radius 3 is 2.89 bits per heavy atom. The van der Waals surface area contributed by atoms with Crippen LogP contribution in [0.25, 0.3) is 0 Å². The molecule has 2 nitrogen and oxygen atoms in total. The van der Waals surface area contributed by atoms with Crippen molar-refractivity contribution < 1.29 is 4.74 Å². The Labute approximate surface area is 176 Å². The van der Waals surface area contributed by atoms with Crippen LogP contribution in [0.3, 0.4) is 0 Å². The summed E-state index contributed by atoms with van der Waals surface area (Å²) in [7, 11) is 0. The summed E-state index contributed by atoms with van der Waals surface area (Å²) in [6.45, 7) is 5.12. The Kier molecular flexibility index (Phi) is 5.56. The van der Waals surface area contributed by atoms with Gasteiger partial charge in [-0.25, -0.2) is 0 Å². The molecule has 0 saturated carbocycles. The first-order valence-electron chi connectivity index (χ1n) is 10.4. The van der Waals surface area contributed by atoms with Gasteiger partial charge in [0, 0.05) is 11.4 Å². The van der Waals surface area contributed by atoms with Crippen LogP contribution < -0.4 is 0 Å². The maximum atomic E-state index is 6.10. The number of fused-ring (bicyclic) bond motifs is 1. The van der Waals surface area contributed by atoms with Crippen LogP contribution in [0.2, 0.25) is 0 Å². The van der Waals surface area contributed by atoms with Gasteiger partial charge in [-0.3, -0.25) is 0 Å². The zero-order valence-electron chi connectivity index (χ0n) is 16.2. The number of piperidine rings is 1. The highest BCUT2D eigenvalue weighted by molar-refractivity contribution is 8.05. The number of allylic oxidation sites excluding steroid dienone is 9. The summed E-state index contributed by atoms with van der Waals surface area (Å²) in [6.07, 6.45) is 21.3. The van der Waals surface area contributed by atoms with Crippen LogP contribution in [-0.4, -0.2) is 42.5 Å². The van der Waals surface area contributed by atoms with E-state index in [9.17, 15) is 0 Å². The number of nitrogens with zero attached hydrogens (tertiary/aromatic N) is 1. The molecule has 5 aliphatic rings. The highest BCUT2D eigenvalue weighted by Gasteiger charge is 2.43. The van der Waals surface area contributed by atoms with Gasteiger partial charge >= 0.3 is 0 Å². The summed E-state index contributed by atoms with van der Waals surface area (Å²) in [5, 5.41) is 4.46. The average Bonchev–Trinajstić information content (AvgIpc) is 3.09. The van der Waals surface area contributed by atoms with Crippen LogP contribution in [0.4, 0.5) is 0 Å². The third-order valence-corrected chi connectivity index (χ3v) is 8.31. The fourth-order valence-corrected chi connectivity index (χ4v) is 6.74. The third kappa shape index (κ3) is 3.56. The van der Waals surface area contributed by atoms with Gasteiger partial charge in [-0.05, 0) is 77.6 Å². The molecular formula is C24H27NOS2. The molecule has 0 bridgehead atoms. The standard InChI is InChI=1S/C24H27NOS2/c1-2-12-25(13-3-1)14-15-26-17-21-9-8-20-7-6-19-18-27-16-10-22(19)23-5-4-11-24(20,23)28-21/h4-10,16,18H,1-3,11-15,17H2. The number of hydrogen-bond donors (Lipinski definition) is 0. The molecule has 0 aromatic rings. The number of thioether (sulfide) groups is 2. The van der Waals surface area contributed by atoms with Crippen molar-refractivity contribution in [2.24, 2.45) is 0 Å². The Morgan fingerprint density at radius 1 is 1.04 bits per heavy atom. The highest BCUT2D eigenvalue weighted by Crippen LogP contribution is 2.55. The highest BCUT2D eigenvalue weighted by atomic mass is 32.2. The van der Waals surface area contributed by atoms with Gasteiger partial charge in [0.25, 0.3) is 0 Å². The Balaban J connectivity index is 1.29. The third-order valence-electron chi connectivity index (χ3n) is 6.14. The minimum Gasteiger partial charge on any atom is -0.375 e. The minimum atomic E-state index is 0.0219. The molecule has 0 aromatic heterocycles. The van der Waals surface area contributed by atoms with Crippen molar-refractivity contribution in [3.8, 4) is 0 Å². The Hall–Kier alpha value is -1.20. The van der Waals surface area contributed by atoms with Gasteiger partial charge in [0.2, 0.25) is 0 Å². The lowest BCUT2D eigenvalue weighted by Crippen LogP contribution is -2.33. The SMILES string of the molecule is C1=CC2=C3C=CSC=C3C=CC3=CC=C(COCCN4CCCCC4)SC32C1. The lowest BCUT2D eigenvalue weighted by Gasteiger charge is -2.35. The van der Waals surface area contributed by atoms with E-state index in [-0.39, 0.29) is 4.75 Å². The minimum absolute atomic E-state index is 0.0219. The van der Waals surface area contributed by atoms with E-state index < -0.39 is 0 Å². The molecule has 3 heterocycles. The van der Waals surface area contributed by atoms with Crippen molar-refractivity contribution in [1.82, 2.24) is 4.90 Å². The molecule has 3 aliphatic heterocycles. The molecule has 0 radical (unpaired) electrons. The molecule has 2 aliphatic carbocycles. The van der Waals surface area contributed by atoms with E-state index in [0.717, 1.165) is 26.2 Å². The number of rotatable bonds is 5. The van der Waals surface area contributed by atoms with Gasteiger partial charge < -0.3 is 9.64 Å². The van der Waals surface area contributed by atoms with E-state index in [1.165, 1.54) is 59.5 Å². The Bertz CT molecular complexity index is 852. The fraction of sp³-hybridized carbons (Fsp3) is 0.417. The largest absolute Gasteiger partial charge is 0.375 e. The van der Waals surface area contributed by atoms with Gasteiger partial charge in [-0.15, -0.1) is 23.5 Å². The van der Waals surface area contributed by atoms with Crippen LogP contribution >= 0.6 is 23.5 Å². The summed E-state index contributed by atoms with van der Waals surface area (Å²) in [5.41, 5.74) is 5.59. The smallest absolute Gasteiger partial charge is 0.0776 e. The molecule has 1 atom stereocenters. The second kappa shape index (κ2) is 8.27. The van der Waals surface area contributed by atoms with E-state index in [2.05, 4.69) is 58.2 Å². The monoisotopic (exact) mass is 409 g/mol. The Morgan fingerprint density at radius 2 is 1.96 bits per heavy atom. The molecule has 0 aromatic carbocycles. The topological polar surface area (TPSA) is 12.5 Å². The van der Waals surface area contributed by atoms with E-state index in [4.69, 9.17) is 4.74 Å². The summed E-state index contributed by atoms with van der Waals surface area (Å²) in [6, 6.07) is 0. The van der Waals surface area contributed by atoms with Crippen LogP contribution in [0.5, 0.6) is 0 Å². The van der Waals surface area contributed by atoms with E-state index in [0.29, 0.717) is 0 Å². The van der Waals surface area contributed by atoms with Crippen molar-refractivity contribution >= 4 is 23.5 Å². The molecular weight excluding hydrogens is 382 g/mol. The molecule has 1 fully saturated rings. The lowest BCUT2D eigenvalue weighted by atomic mass is 9.88. The van der Waals surface area contributed by atoms with Gasteiger partial charge in [0.05, 0.1) is 18.0 Å². The summed E-state index contributed by atoms with van der Waals surface area (Å²) in [4.78, 5) is 3.89. The first-order chi connectivity index (χ1) is 13.9. The predicted octanol–water partition coefficient (Wildman–Crippen LogP) is 5.76. The summed E-state index contributed by atoms with van der Waals surface area (Å²) < 4.78 is 6.12. The molecule has 1 unspecified atom stereocenters. The predicted molar refractivity (Wildman–Crippen MR) is 122 cm³/mol. The van der Waals surface area contributed by atoms with E-state index in [1.54, 1.807) is 11.8 Å². The molecule has 4 heteroatoms. The van der Waals surface area contributed by atoms with Crippen LogP contribution in [0, 0.1) is 0 Å². The molecule has 0 N–H and O–H groups in total. The van der Waals surface area contributed by atoms with Crippen LogP contribution in [0.1, 0.15) is 25.7 Å². The van der Waals surface area contributed by atoms with Crippen molar-refractivity contribution in [1.29, 1.82) is 0 Å². The van der Waals surface area contributed by atoms with Crippen molar-refractivity contribution in [2.45, 2.75) is 30.4 Å². The summed E-state index contributed by atoms with van der Waals surface area (Å²) in [5.74, 6) is 0. The van der Waals surface area contributed by atoms with Crippen molar-refractivity contribution in [2.75, 3.05) is 32.8 Å². The second-order valence-electron chi connectivity index (χ2n) is 7.92. The normalized spacial score (nSPS) is 28.9. The van der Waals surface area contributed by atoms with Gasteiger partial charge in [-0.1, -0.05) is 36.8 Å². The van der Waals surface area contributed by atoms with Crippen molar-refractivity contribution in [3.05, 3.63) is 80.5 Å². The van der Waals surface area contributed by atoms with E-state index >= 15 is 0 Å². The molecule has 0 amide bonds. The number of hydrogen-bond acceptors (Lipinski definition) is 4. The quantitative estimate of drug-likeness (QED) is 0.535. The molecule has 1 saturated heterocycles. The number of ether oxygens (including phenoxy) is 1. The fourth-order valence-electron chi connectivity index (χ4n) is 4.65. The molecule has 146 valence electrons. The van der Waals surface area contributed by atoms with Crippen LogP contribution in [0.15, 0.2) is 80.5 Å². The first-order valence-corrected chi connectivity index (χ1v) is 12.1. The summed E-state index contributed by atoms with van der Waals surface area (Å²) >= 11 is 3.77. The average molecular weight is 410 g/mol. The van der Waals surface area contributed by atoms with Gasteiger partial charge in [-0.2, -0.15) is 0 Å². The van der Waals surface area contributed by atoms with Crippen LogP contribution in [-0.2, 0) is 4.74 Å². The second-order valence-corrected chi connectivity index (χ2v) is 10.1. The van der Waals surface area contributed by atoms with Crippen molar-refractivity contribution in [3.63, 3.8) is 0 Å². The zero-order valence-corrected chi connectivity index (χ0v) is 17.9. The molecule has 28 heavy (non-hydrogen) atoms. The van der Waals surface area contributed by atoms with Gasteiger partial charge in [0.15, 0.2) is 0 Å². The zero-order chi connectivity index (χ0) is 18.8. The lowest BCUT2D eigenvalue weighted by molar-refractivity contribution is 0.113. The molecule has 1 spiro atoms. The number of likely N-dealkylation sites (tertiary alicyclic amines) is 1.